The predicted molar refractivity (Wildman–Crippen MR) is 55.9 cm³/mol. The van der Waals surface area contributed by atoms with Crippen molar-refractivity contribution in [1.29, 1.82) is 0 Å². The van der Waals surface area contributed by atoms with Crippen molar-refractivity contribution >= 4 is 0 Å². The van der Waals surface area contributed by atoms with Gasteiger partial charge >= 0.3 is 0 Å². The van der Waals surface area contributed by atoms with Crippen LogP contribution in [-0.4, -0.2) is 19.3 Å². The highest BCUT2D eigenvalue weighted by molar-refractivity contribution is 5.15. The van der Waals surface area contributed by atoms with Gasteiger partial charge in [0.15, 0.2) is 0 Å². The number of rotatable bonds is 4. The minimum absolute atomic E-state index is 0.110. The van der Waals surface area contributed by atoms with Crippen molar-refractivity contribution in [3.63, 3.8) is 0 Å². The lowest BCUT2D eigenvalue weighted by Crippen LogP contribution is -2.84. The molecule has 0 radical (unpaired) electrons. The van der Waals surface area contributed by atoms with Crippen LogP contribution >= 0.6 is 0 Å². The Hall–Kier alpha value is -0.930. The third kappa shape index (κ3) is 3.01. The third-order valence-electron chi connectivity index (χ3n) is 2.78. The SMILES string of the molecule is Fc1ccccc1C[NH2+]C[C@@H]1CCCO1. The van der Waals surface area contributed by atoms with Crippen molar-refractivity contribution < 1.29 is 14.4 Å². The fraction of sp³-hybridized carbons (Fsp3) is 0.500. The van der Waals surface area contributed by atoms with Crippen molar-refractivity contribution in [1.82, 2.24) is 0 Å². The topological polar surface area (TPSA) is 25.8 Å². The van der Waals surface area contributed by atoms with Gasteiger partial charge in [-0.2, -0.15) is 0 Å². The molecule has 1 fully saturated rings. The van der Waals surface area contributed by atoms with E-state index in [0.717, 1.165) is 31.6 Å². The van der Waals surface area contributed by atoms with Gasteiger partial charge < -0.3 is 10.1 Å². The summed E-state index contributed by atoms with van der Waals surface area (Å²) in [4.78, 5) is 0. The van der Waals surface area contributed by atoms with E-state index in [2.05, 4.69) is 5.32 Å². The second kappa shape index (κ2) is 5.24. The second-order valence-electron chi connectivity index (χ2n) is 3.95. The molecule has 1 atom stereocenters. The maximum atomic E-state index is 13.2. The molecule has 0 unspecified atom stereocenters. The molecule has 15 heavy (non-hydrogen) atoms. The lowest BCUT2D eigenvalue weighted by molar-refractivity contribution is -0.676. The van der Waals surface area contributed by atoms with Crippen molar-refractivity contribution in [3.05, 3.63) is 35.6 Å². The standard InChI is InChI=1S/C12H16FNO/c13-12-6-2-1-4-10(12)8-14-9-11-5-3-7-15-11/h1-2,4,6,11,14H,3,5,7-9H2/p+1/t11-/m0/s1. The second-order valence-corrected chi connectivity index (χ2v) is 3.95. The molecule has 1 aliphatic rings. The molecule has 3 heteroatoms. The Morgan fingerprint density at radius 1 is 1.40 bits per heavy atom. The molecular formula is C12H17FNO+. The quantitative estimate of drug-likeness (QED) is 0.790. The molecular weight excluding hydrogens is 193 g/mol. The highest BCUT2D eigenvalue weighted by atomic mass is 19.1. The monoisotopic (exact) mass is 210 g/mol. The average molecular weight is 210 g/mol. The Bertz CT molecular complexity index is 310. The number of ether oxygens (including phenoxy) is 1. The smallest absolute Gasteiger partial charge is 0.132 e. The Balaban J connectivity index is 1.75. The summed E-state index contributed by atoms with van der Waals surface area (Å²) in [5.74, 6) is -0.110. The molecule has 1 heterocycles. The van der Waals surface area contributed by atoms with Gasteiger partial charge in [0, 0.05) is 12.2 Å². The van der Waals surface area contributed by atoms with Gasteiger partial charge in [0.1, 0.15) is 25.0 Å². The van der Waals surface area contributed by atoms with Crippen molar-refractivity contribution in [3.8, 4) is 0 Å². The summed E-state index contributed by atoms with van der Waals surface area (Å²) >= 11 is 0. The van der Waals surface area contributed by atoms with Crippen LogP contribution in [0.25, 0.3) is 0 Å². The molecule has 1 saturated heterocycles. The lowest BCUT2D eigenvalue weighted by atomic mass is 10.2. The summed E-state index contributed by atoms with van der Waals surface area (Å²) < 4.78 is 18.7. The van der Waals surface area contributed by atoms with Gasteiger partial charge in [-0.3, -0.25) is 0 Å². The van der Waals surface area contributed by atoms with Crippen LogP contribution in [0.5, 0.6) is 0 Å². The normalized spacial score (nSPS) is 20.7. The molecule has 0 saturated carbocycles. The maximum absolute atomic E-state index is 13.2. The van der Waals surface area contributed by atoms with E-state index < -0.39 is 0 Å². The summed E-state index contributed by atoms with van der Waals surface area (Å²) in [7, 11) is 0. The number of hydrogen-bond acceptors (Lipinski definition) is 1. The zero-order valence-electron chi connectivity index (χ0n) is 8.79. The van der Waals surface area contributed by atoms with Gasteiger partial charge in [-0.1, -0.05) is 18.2 Å². The van der Waals surface area contributed by atoms with Crippen LogP contribution in [0.1, 0.15) is 18.4 Å². The summed E-state index contributed by atoms with van der Waals surface area (Å²) in [6.45, 7) is 2.53. The Morgan fingerprint density at radius 2 is 2.27 bits per heavy atom. The zero-order valence-corrected chi connectivity index (χ0v) is 8.79. The Kier molecular flexibility index (Phi) is 3.69. The van der Waals surface area contributed by atoms with E-state index in [0.29, 0.717) is 12.6 Å². The number of halogens is 1. The van der Waals surface area contributed by atoms with Gasteiger partial charge in [0.25, 0.3) is 0 Å². The van der Waals surface area contributed by atoms with E-state index in [1.165, 1.54) is 6.07 Å². The summed E-state index contributed by atoms with van der Waals surface area (Å²) in [5.41, 5.74) is 0.774. The number of quaternary nitrogens is 1. The van der Waals surface area contributed by atoms with Gasteiger partial charge in [-0.05, 0) is 18.9 Å². The van der Waals surface area contributed by atoms with E-state index >= 15 is 0 Å². The minimum Gasteiger partial charge on any atom is -0.372 e. The molecule has 0 aliphatic carbocycles. The molecule has 0 spiro atoms. The fourth-order valence-electron chi connectivity index (χ4n) is 1.92. The average Bonchev–Trinajstić information content (AvgIpc) is 2.74. The number of hydrogen-bond donors (Lipinski definition) is 1. The summed E-state index contributed by atoms with van der Waals surface area (Å²) in [6.07, 6.45) is 2.68. The van der Waals surface area contributed by atoms with E-state index in [-0.39, 0.29) is 5.82 Å². The van der Waals surface area contributed by atoms with E-state index in [1.54, 1.807) is 6.07 Å². The molecule has 0 aromatic heterocycles. The maximum Gasteiger partial charge on any atom is 0.132 e. The van der Waals surface area contributed by atoms with Crippen LogP contribution in [0.4, 0.5) is 4.39 Å². The largest absolute Gasteiger partial charge is 0.372 e. The van der Waals surface area contributed by atoms with Gasteiger partial charge in [0.05, 0.1) is 0 Å². The predicted octanol–water partition coefficient (Wildman–Crippen LogP) is 1.07. The minimum atomic E-state index is -0.110. The van der Waals surface area contributed by atoms with Gasteiger partial charge in [0.2, 0.25) is 0 Å². The number of nitrogens with two attached hydrogens (primary N) is 1. The number of benzene rings is 1. The van der Waals surface area contributed by atoms with E-state index in [4.69, 9.17) is 4.74 Å². The zero-order chi connectivity index (χ0) is 10.5. The van der Waals surface area contributed by atoms with Crippen LogP contribution in [0, 0.1) is 5.82 Å². The lowest BCUT2D eigenvalue weighted by Gasteiger charge is -2.08. The fourth-order valence-corrected chi connectivity index (χ4v) is 1.92. The van der Waals surface area contributed by atoms with Crippen LogP contribution in [0.3, 0.4) is 0 Å². The molecule has 1 aromatic carbocycles. The first-order valence-corrected chi connectivity index (χ1v) is 5.53. The third-order valence-corrected chi connectivity index (χ3v) is 2.78. The molecule has 1 aromatic rings. The van der Waals surface area contributed by atoms with Crippen molar-refractivity contribution in [2.45, 2.75) is 25.5 Å². The molecule has 0 amide bonds. The van der Waals surface area contributed by atoms with E-state index in [1.807, 2.05) is 12.1 Å². The molecule has 82 valence electrons. The Morgan fingerprint density at radius 3 is 3.00 bits per heavy atom. The molecule has 2 rings (SSSR count). The van der Waals surface area contributed by atoms with Crippen molar-refractivity contribution in [2.24, 2.45) is 0 Å². The molecule has 2 nitrogen and oxygen atoms in total. The molecule has 0 bridgehead atoms. The van der Waals surface area contributed by atoms with Crippen molar-refractivity contribution in [2.75, 3.05) is 13.2 Å². The first kappa shape index (κ1) is 10.6. The summed E-state index contributed by atoms with van der Waals surface area (Å²) in [6, 6.07) is 6.94. The first-order chi connectivity index (χ1) is 7.36. The van der Waals surface area contributed by atoms with E-state index in [9.17, 15) is 4.39 Å². The Labute approximate surface area is 89.4 Å². The van der Waals surface area contributed by atoms with Crippen LogP contribution in [0.15, 0.2) is 24.3 Å². The highest BCUT2D eigenvalue weighted by Crippen LogP contribution is 2.09. The van der Waals surface area contributed by atoms with Crippen LogP contribution in [-0.2, 0) is 11.3 Å². The summed E-state index contributed by atoms with van der Waals surface area (Å²) in [5, 5.41) is 2.12. The van der Waals surface area contributed by atoms with Gasteiger partial charge in [-0.25, -0.2) is 4.39 Å². The van der Waals surface area contributed by atoms with Gasteiger partial charge in [-0.15, -0.1) is 0 Å². The molecule has 2 N–H and O–H groups in total. The van der Waals surface area contributed by atoms with Crippen LogP contribution in [0.2, 0.25) is 0 Å². The van der Waals surface area contributed by atoms with Crippen LogP contribution < -0.4 is 5.32 Å². The first-order valence-electron chi connectivity index (χ1n) is 5.53. The highest BCUT2D eigenvalue weighted by Gasteiger charge is 2.16. The molecule has 1 aliphatic heterocycles.